The summed E-state index contributed by atoms with van der Waals surface area (Å²) in [6.45, 7) is 2.02. The number of aryl methyl sites for hydroxylation is 1. The Kier molecular flexibility index (Phi) is 4.66. The number of ether oxygens (including phenoxy) is 1. The van der Waals surface area contributed by atoms with Gasteiger partial charge >= 0.3 is 0 Å². The molecule has 19 heavy (non-hydrogen) atoms. The van der Waals surface area contributed by atoms with Crippen LogP contribution in [-0.4, -0.2) is 7.11 Å². The molecule has 2 N–H and O–H groups in total. The van der Waals surface area contributed by atoms with Gasteiger partial charge in [0.15, 0.2) is 0 Å². The average molecular weight is 385 g/mol. The summed E-state index contributed by atoms with van der Waals surface area (Å²) in [5.41, 5.74) is 9.53. The van der Waals surface area contributed by atoms with Crippen molar-refractivity contribution in [2.45, 2.75) is 13.0 Å². The van der Waals surface area contributed by atoms with Crippen LogP contribution in [0.15, 0.2) is 45.3 Å². The van der Waals surface area contributed by atoms with E-state index < -0.39 is 0 Å². The van der Waals surface area contributed by atoms with Crippen LogP contribution in [0.3, 0.4) is 0 Å². The minimum Gasteiger partial charge on any atom is -0.496 e. The fourth-order valence-electron chi connectivity index (χ4n) is 1.96. The Morgan fingerprint density at radius 1 is 1.11 bits per heavy atom. The number of nitrogens with two attached hydrogens (primary N) is 1. The monoisotopic (exact) mass is 383 g/mol. The quantitative estimate of drug-likeness (QED) is 0.840. The standard InChI is InChI=1S/C15H15Br2NO/c1-9-3-4-10(7-14(9)19-2)15(18)12-8-11(16)5-6-13(12)17/h3-8,15H,18H2,1-2H3. The lowest BCUT2D eigenvalue weighted by Crippen LogP contribution is -2.12. The lowest BCUT2D eigenvalue weighted by atomic mass is 9.98. The molecule has 100 valence electrons. The van der Waals surface area contributed by atoms with Crippen molar-refractivity contribution in [2.75, 3.05) is 7.11 Å². The molecule has 4 heteroatoms. The van der Waals surface area contributed by atoms with E-state index in [2.05, 4.69) is 31.9 Å². The van der Waals surface area contributed by atoms with Gasteiger partial charge in [-0.15, -0.1) is 0 Å². The summed E-state index contributed by atoms with van der Waals surface area (Å²) in [6, 6.07) is 11.9. The highest BCUT2D eigenvalue weighted by Gasteiger charge is 2.14. The van der Waals surface area contributed by atoms with Crippen molar-refractivity contribution < 1.29 is 4.74 Å². The van der Waals surface area contributed by atoms with Crippen LogP contribution in [0.4, 0.5) is 0 Å². The largest absolute Gasteiger partial charge is 0.496 e. The maximum Gasteiger partial charge on any atom is 0.122 e. The van der Waals surface area contributed by atoms with Gasteiger partial charge in [-0.3, -0.25) is 0 Å². The molecule has 0 bridgehead atoms. The van der Waals surface area contributed by atoms with E-state index in [-0.39, 0.29) is 6.04 Å². The predicted octanol–water partition coefficient (Wildman–Crippen LogP) is 4.58. The summed E-state index contributed by atoms with van der Waals surface area (Å²) < 4.78 is 7.37. The summed E-state index contributed by atoms with van der Waals surface area (Å²) in [4.78, 5) is 0. The van der Waals surface area contributed by atoms with Gasteiger partial charge in [-0.05, 0) is 47.9 Å². The van der Waals surface area contributed by atoms with Crippen molar-refractivity contribution in [1.82, 2.24) is 0 Å². The molecule has 0 aliphatic heterocycles. The van der Waals surface area contributed by atoms with Gasteiger partial charge in [-0.2, -0.15) is 0 Å². The Labute approximate surface area is 130 Å². The first-order valence-electron chi connectivity index (χ1n) is 5.88. The second-order valence-electron chi connectivity index (χ2n) is 4.37. The van der Waals surface area contributed by atoms with Crippen molar-refractivity contribution in [1.29, 1.82) is 0 Å². The highest BCUT2D eigenvalue weighted by Crippen LogP contribution is 2.31. The molecular formula is C15H15Br2NO. The topological polar surface area (TPSA) is 35.2 Å². The van der Waals surface area contributed by atoms with Crippen LogP contribution in [-0.2, 0) is 0 Å². The number of methoxy groups -OCH3 is 1. The minimum absolute atomic E-state index is 0.193. The van der Waals surface area contributed by atoms with Gasteiger partial charge in [-0.1, -0.05) is 44.0 Å². The summed E-state index contributed by atoms with van der Waals surface area (Å²) in [5, 5.41) is 0. The Bertz CT molecular complexity index is 599. The maximum absolute atomic E-state index is 6.35. The first kappa shape index (κ1) is 14.6. The molecule has 0 spiro atoms. The molecule has 1 atom stereocenters. The van der Waals surface area contributed by atoms with Crippen LogP contribution >= 0.6 is 31.9 Å². The Balaban J connectivity index is 2.43. The first-order chi connectivity index (χ1) is 9.02. The van der Waals surface area contributed by atoms with Crippen LogP contribution in [0.2, 0.25) is 0 Å². The fourth-order valence-corrected chi connectivity index (χ4v) is 2.83. The molecule has 2 nitrogen and oxygen atoms in total. The van der Waals surface area contributed by atoms with E-state index in [0.717, 1.165) is 31.4 Å². The minimum atomic E-state index is -0.193. The van der Waals surface area contributed by atoms with Crippen LogP contribution < -0.4 is 10.5 Å². The van der Waals surface area contributed by atoms with Gasteiger partial charge in [0.25, 0.3) is 0 Å². The highest BCUT2D eigenvalue weighted by atomic mass is 79.9. The third kappa shape index (κ3) is 3.19. The number of benzene rings is 2. The van der Waals surface area contributed by atoms with Crippen LogP contribution in [0.25, 0.3) is 0 Å². The second-order valence-corrected chi connectivity index (χ2v) is 6.14. The van der Waals surface area contributed by atoms with Gasteiger partial charge in [0.2, 0.25) is 0 Å². The second kappa shape index (κ2) is 6.07. The predicted molar refractivity (Wildman–Crippen MR) is 85.6 cm³/mol. The van der Waals surface area contributed by atoms with Crippen molar-refractivity contribution in [3.63, 3.8) is 0 Å². The number of rotatable bonds is 3. The molecule has 2 aromatic rings. The summed E-state index contributed by atoms with van der Waals surface area (Å²) in [5.74, 6) is 0.860. The number of hydrogen-bond donors (Lipinski definition) is 1. The third-order valence-electron chi connectivity index (χ3n) is 3.08. The van der Waals surface area contributed by atoms with E-state index in [1.807, 2.05) is 43.3 Å². The van der Waals surface area contributed by atoms with E-state index >= 15 is 0 Å². The molecule has 0 amide bonds. The molecule has 0 radical (unpaired) electrons. The van der Waals surface area contributed by atoms with E-state index in [1.165, 1.54) is 0 Å². The maximum atomic E-state index is 6.35. The van der Waals surface area contributed by atoms with Crippen LogP contribution in [0.5, 0.6) is 5.75 Å². The molecule has 2 rings (SSSR count). The Hall–Kier alpha value is -0.840. The smallest absolute Gasteiger partial charge is 0.122 e. The summed E-state index contributed by atoms with van der Waals surface area (Å²) in [7, 11) is 1.67. The molecular weight excluding hydrogens is 370 g/mol. The highest BCUT2D eigenvalue weighted by molar-refractivity contribution is 9.11. The molecule has 0 aliphatic rings. The van der Waals surface area contributed by atoms with Crippen molar-refractivity contribution >= 4 is 31.9 Å². The molecule has 0 saturated carbocycles. The van der Waals surface area contributed by atoms with Gasteiger partial charge in [-0.25, -0.2) is 0 Å². The van der Waals surface area contributed by atoms with Crippen LogP contribution in [0, 0.1) is 6.92 Å². The SMILES string of the molecule is COc1cc(C(N)c2cc(Br)ccc2Br)ccc1C. The van der Waals surface area contributed by atoms with Crippen LogP contribution in [0.1, 0.15) is 22.7 Å². The molecule has 1 unspecified atom stereocenters. The van der Waals surface area contributed by atoms with E-state index in [9.17, 15) is 0 Å². The number of hydrogen-bond acceptors (Lipinski definition) is 2. The Morgan fingerprint density at radius 3 is 2.53 bits per heavy atom. The zero-order valence-corrected chi connectivity index (χ0v) is 14.0. The lowest BCUT2D eigenvalue weighted by molar-refractivity contribution is 0.411. The Morgan fingerprint density at radius 2 is 1.84 bits per heavy atom. The molecule has 0 aromatic heterocycles. The molecule has 0 saturated heterocycles. The molecule has 2 aromatic carbocycles. The zero-order chi connectivity index (χ0) is 14.0. The van der Waals surface area contributed by atoms with E-state index in [0.29, 0.717) is 0 Å². The summed E-state index contributed by atoms with van der Waals surface area (Å²) in [6.07, 6.45) is 0. The van der Waals surface area contributed by atoms with Gasteiger partial charge in [0.1, 0.15) is 5.75 Å². The first-order valence-corrected chi connectivity index (χ1v) is 7.46. The third-order valence-corrected chi connectivity index (χ3v) is 4.30. The molecule has 0 aliphatic carbocycles. The fraction of sp³-hybridized carbons (Fsp3) is 0.200. The van der Waals surface area contributed by atoms with Gasteiger partial charge < -0.3 is 10.5 Å². The average Bonchev–Trinajstić information content (AvgIpc) is 2.41. The number of halogens is 2. The van der Waals surface area contributed by atoms with Crippen molar-refractivity contribution in [3.8, 4) is 5.75 Å². The lowest BCUT2D eigenvalue weighted by Gasteiger charge is -2.16. The van der Waals surface area contributed by atoms with E-state index in [4.69, 9.17) is 10.5 Å². The summed E-state index contributed by atoms with van der Waals surface area (Å²) >= 11 is 7.02. The molecule has 0 heterocycles. The van der Waals surface area contributed by atoms with Gasteiger partial charge in [0, 0.05) is 8.95 Å². The normalized spacial score (nSPS) is 12.3. The van der Waals surface area contributed by atoms with Crippen molar-refractivity contribution in [2.24, 2.45) is 5.73 Å². The van der Waals surface area contributed by atoms with Gasteiger partial charge in [0.05, 0.1) is 13.2 Å². The van der Waals surface area contributed by atoms with Crippen molar-refractivity contribution in [3.05, 3.63) is 62.0 Å². The molecule has 0 fully saturated rings. The van der Waals surface area contributed by atoms with E-state index in [1.54, 1.807) is 7.11 Å². The zero-order valence-electron chi connectivity index (χ0n) is 10.8.